The minimum atomic E-state index is 0.630. The van der Waals surface area contributed by atoms with E-state index >= 15 is 0 Å². The van der Waals surface area contributed by atoms with Gasteiger partial charge in [-0.25, -0.2) is 0 Å². The van der Waals surface area contributed by atoms with Gasteiger partial charge in [0, 0.05) is 11.3 Å². The van der Waals surface area contributed by atoms with Crippen LogP contribution >= 0.6 is 0 Å². The largest absolute Gasteiger partial charge is 0.281 e. The zero-order valence-corrected chi connectivity index (χ0v) is 5.96. The molecule has 1 aromatic heterocycles. The fraction of sp³-hybridized carbons (Fsp3) is 0.500. The Morgan fingerprint density at radius 2 is 2.55 bits per heavy atom. The number of nitrogens with one attached hydrogen (secondary N) is 1. The molecule has 1 aromatic rings. The molecule has 1 fully saturated rings. The Bertz CT molecular complexity index is 358. The van der Waals surface area contributed by atoms with Crippen molar-refractivity contribution in [2.75, 3.05) is 0 Å². The van der Waals surface area contributed by atoms with Gasteiger partial charge in [-0.2, -0.15) is 10.4 Å². The van der Waals surface area contributed by atoms with E-state index in [4.69, 9.17) is 5.26 Å². The topological polar surface area (TPSA) is 52.5 Å². The van der Waals surface area contributed by atoms with Gasteiger partial charge in [-0.3, -0.25) is 5.10 Å². The predicted octanol–water partition coefficient (Wildman–Crippen LogP) is 0.941. The summed E-state index contributed by atoms with van der Waals surface area (Å²) in [5.74, 6) is 1.52. The monoisotopic (exact) mass is 145 g/mol. The Balaban J connectivity index is 2.24. The van der Waals surface area contributed by atoms with Crippen LogP contribution in [0, 0.1) is 17.2 Å². The minimum Gasteiger partial charge on any atom is -0.281 e. The lowest BCUT2D eigenvalue weighted by molar-refractivity contribution is 0.814. The highest BCUT2D eigenvalue weighted by atomic mass is 15.1. The molecule has 1 N–H and O–H groups in total. The van der Waals surface area contributed by atoms with Crippen LogP contribution in [0.3, 0.4) is 0 Å². The average Bonchev–Trinajstić information content (AvgIpc) is 2.53. The van der Waals surface area contributed by atoms with Gasteiger partial charge in [0.15, 0.2) is 5.69 Å². The summed E-state index contributed by atoms with van der Waals surface area (Å²) >= 11 is 0. The molecule has 0 bridgehead atoms. The van der Waals surface area contributed by atoms with Crippen LogP contribution < -0.4 is 0 Å². The van der Waals surface area contributed by atoms with E-state index in [1.807, 2.05) is 0 Å². The Hall–Kier alpha value is -1.30. The minimum absolute atomic E-state index is 0.630. The molecule has 2 aliphatic carbocycles. The molecule has 54 valence electrons. The van der Waals surface area contributed by atoms with E-state index in [2.05, 4.69) is 16.3 Å². The SMILES string of the molecule is N#Cc1n[nH]c2c1[C@@H]1C[C@@H]1C2. The second kappa shape index (κ2) is 1.48. The van der Waals surface area contributed by atoms with E-state index in [-0.39, 0.29) is 0 Å². The molecule has 3 nitrogen and oxygen atoms in total. The zero-order chi connectivity index (χ0) is 7.42. The maximum atomic E-state index is 8.69. The number of nitrogens with zero attached hydrogens (tertiary/aromatic N) is 2. The summed E-state index contributed by atoms with van der Waals surface area (Å²) in [7, 11) is 0. The van der Waals surface area contributed by atoms with E-state index in [0.29, 0.717) is 11.6 Å². The van der Waals surface area contributed by atoms with E-state index in [0.717, 1.165) is 12.3 Å². The fourth-order valence-corrected chi connectivity index (χ4v) is 2.12. The number of rotatable bonds is 0. The Morgan fingerprint density at radius 3 is 3.36 bits per heavy atom. The first-order valence-electron chi connectivity index (χ1n) is 3.87. The standard InChI is InChI=1S/C8H7N3/c9-3-7-8-5-1-4(5)2-6(8)10-11-7/h4-5H,1-2H2,(H,10,11)/t4-,5-/m1/s1. The van der Waals surface area contributed by atoms with Gasteiger partial charge in [-0.05, 0) is 24.7 Å². The number of hydrogen-bond donors (Lipinski definition) is 1. The Kier molecular flexibility index (Phi) is 0.719. The summed E-state index contributed by atoms with van der Waals surface area (Å²) in [5.41, 5.74) is 3.06. The Morgan fingerprint density at radius 1 is 1.64 bits per heavy atom. The molecule has 0 radical (unpaired) electrons. The van der Waals surface area contributed by atoms with Crippen LogP contribution in [0.2, 0.25) is 0 Å². The van der Waals surface area contributed by atoms with E-state index in [9.17, 15) is 0 Å². The molecule has 2 aliphatic rings. The van der Waals surface area contributed by atoms with Crippen molar-refractivity contribution in [3.05, 3.63) is 17.0 Å². The third-order valence-corrected chi connectivity index (χ3v) is 2.75. The highest BCUT2D eigenvalue weighted by Crippen LogP contribution is 2.56. The summed E-state index contributed by atoms with van der Waals surface area (Å²) in [6.07, 6.45) is 2.40. The number of H-pyrrole nitrogens is 1. The lowest BCUT2D eigenvalue weighted by Crippen LogP contribution is -1.83. The lowest BCUT2D eigenvalue weighted by Gasteiger charge is -1.89. The number of hydrogen-bond acceptors (Lipinski definition) is 2. The van der Waals surface area contributed by atoms with Crippen molar-refractivity contribution >= 4 is 0 Å². The molecule has 0 amide bonds. The first-order valence-corrected chi connectivity index (χ1v) is 3.87. The van der Waals surface area contributed by atoms with Crippen molar-refractivity contribution in [3.8, 4) is 6.07 Å². The van der Waals surface area contributed by atoms with Gasteiger partial charge in [0.2, 0.25) is 0 Å². The molecule has 0 aromatic carbocycles. The highest BCUT2D eigenvalue weighted by molar-refractivity contribution is 5.45. The van der Waals surface area contributed by atoms with Crippen LogP contribution in [-0.2, 0) is 6.42 Å². The maximum Gasteiger partial charge on any atom is 0.165 e. The molecular formula is C8H7N3. The van der Waals surface area contributed by atoms with Crippen LogP contribution in [-0.4, -0.2) is 10.2 Å². The smallest absolute Gasteiger partial charge is 0.165 e. The number of fused-ring (bicyclic) bond motifs is 3. The summed E-state index contributed by atoms with van der Waals surface area (Å²) in [5, 5.41) is 15.6. The van der Waals surface area contributed by atoms with Crippen LogP contribution in [0.25, 0.3) is 0 Å². The first-order chi connectivity index (χ1) is 5.40. The highest BCUT2D eigenvalue weighted by Gasteiger charge is 2.48. The molecule has 0 aliphatic heterocycles. The summed E-state index contributed by atoms with van der Waals surface area (Å²) in [4.78, 5) is 0. The fourth-order valence-electron chi connectivity index (χ4n) is 2.12. The van der Waals surface area contributed by atoms with Gasteiger partial charge in [0.05, 0.1) is 0 Å². The molecular weight excluding hydrogens is 138 g/mol. The van der Waals surface area contributed by atoms with Crippen molar-refractivity contribution < 1.29 is 0 Å². The molecule has 11 heavy (non-hydrogen) atoms. The molecule has 2 atom stereocenters. The van der Waals surface area contributed by atoms with E-state index in [1.165, 1.54) is 17.7 Å². The van der Waals surface area contributed by atoms with Gasteiger partial charge in [0.1, 0.15) is 6.07 Å². The van der Waals surface area contributed by atoms with Gasteiger partial charge >= 0.3 is 0 Å². The second-order valence-electron chi connectivity index (χ2n) is 3.38. The van der Waals surface area contributed by atoms with E-state index in [1.54, 1.807) is 0 Å². The molecule has 1 saturated carbocycles. The third-order valence-electron chi connectivity index (χ3n) is 2.75. The van der Waals surface area contributed by atoms with Crippen LogP contribution in [0.4, 0.5) is 0 Å². The van der Waals surface area contributed by atoms with Crippen molar-refractivity contribution in [2.45, 2.75) is 18.8 Å². The van der Waals surface area contributed by atoms with Gasteiger partial charge in [-0.1, -0.05) is 0 Å². The lowest BCUT2D eigenvalue weighted by atomic mass is 10.1. The second-order valence-corrected chi connectivity index (χ2v) is 3.38. The molecule has 3 rings (SSSR count). The van der Waals surface area contributed by atoms with Gasteiger partial charge in [-0.15, -0.1) is 0 Å². The molecule has 1 heterocycles. The number of aromatic nitrogens is 2. The normalized spacial score (nSPS) is 30.8. The van der Waals surface area contributed by atoms with Crippen LogP contribution in [0.1, 0.15) is 29.3 Å². The number of aromatic amines is 1. The molecule has 0 saturated heterocycles. The van der Waals surface area contributed by atoms with Crippen molar-refractivity contribution in [1.29, 1.82) is 5.26 Å². The van der Waals surface area contributed by atoms with Crippen LogP contribution in [0.15, 0.2) is 0 Å². The third kappa shape index (κ3) is 0.509. The average molecular weight is 145 g/mol. The van der Waals surface area contributed by atoms with Crippen molar-refractivity contribution in [3.63, 3.8) is 0 Å². The summed E-state index contributed by atoms with van der Waals surface area (Å²) < 4.78 is 0. The van der Waals surface area contributed by atoms with Crippen molar-refractivity contribution in [1.82, 2.24) is 10.2 Å². The maximum absolute atomic E-state index is 8.69. The molecule has 0 unspecified atom stereocenters. The zero-order valence-electron chi connectivity index (χ0n) is 5.96. The first kappa shape index (κ1) is 5.36. The summed E-state index contributed by atoms with van der Waals surface area (Å²) in [6, 6.07) is 2.12. The van der Waals surface area contributed by atoms with Gasteiger partial charge in [0.25, 0.3) is 0 Å². The number of nitriles is 1. The van der Waals surface area contributed by atoms with Crippen molar-refractivity contribution in [2.24, 2.45) is 5.92 Å². The predicted molar refractivity (Wildman–Crippen MR) is 37.9 cm³/mol. The van der Waals surface area contributed by atoms with Crippen LogP contribution in [0.5, 0.6) is 0 Å². The van der Waals surface area contributed by atoms with Gasteiger partial charge < -0.3 is 0 Å². The quantitative estimate of drug-likeness (QED) is 0.590. The summed E-state index contributed by atoms with van der Waals surface area (Å²) in [6.45, 7) is 0. The molecule has 3 heteroatoms. The Labute approximate surface area is 64.0 Å². The van der Waals surface area contributed by atoms with E-state index < -0.39 is 0 Å². The molecule has 0 spiro atoms.